The van der Waals surface area contributed by atoms with E-state index >= 15 is 0 Å². The molecule has 0 aliphatic carbocycles. The summed E-state index contributed by atoms with van der Waals surface area (Å²) in [5, 5.41) is 26.3. The Hall–Kier alpha value is -1.48. The van der Waals surface area contributed by atoms with Gasteiger partial charge in [-0.2, -0.15) is 0 Å². The van der Waals surface area contributed by atoms with Crippen molar-refractivity contribution in [3.8, 4) is 0 Å². The summed E-state index contributed by atoms with van der Waals surface area (Å²) in [6, 6.07) is 4.70. The number of hydroxylamine groups is 2. The number of hydrogen-bond donors (Lipinski definition) is 0. The van der Waals surface area contributed by atoms with Gasteiger partial charge in [0.25, 0.3) is 0 Å². The standard InChI is InChI=1S/C9H10N3O4S/c1-12(13,14)8-7-5-3-4-6-11(7)10-9(8)17(2,15)16/h3-6H,1-2H3/q-1. The Kier molecular flexibility index (Phi) is 2.47. The number of aromatic nitrogens is 2. The third kappa shape index (κ3) is 2.03. The third-order valence-corrected chi connectivity index (χ3v) is 3.22. The highest BCUT2D eigenvalue weighted by Gasteiger charge is 2.27. The molecule has 0 spiro atoms. The van der Waals surface area contributed by atoms with E-state index in [-0.39, 0.29) is 5.52 Å². The minimum atomic E-state index is -3.73. The van der Waals surface area contributed by atoms with E-state index in [0.717, 1.165) is 13.3 Å². The molecule has 2 heterocycles. The third-order valence-electron chi connectivity index (χ3n) is 2.24. The molecule has 8 heteroatoms. The van der Waals surface area contributed by atoms with Crippen LogP contribution in [0.25, 0.3) is 5.52 Å². The Morgan fingerprint density at radius 3 is 2.53 bits per heavy atom. The molecule has 2 rings (SSSR count). The molecule has 0 fully saturated rings. The van der Waals surface area contributed by atoms with Crippen molar-refractivity contribution >= 4 is 21.0 Å². The highest BCUT2D eigenvalue weighted by Crippen LogP contribution is 2.32. The highest BCUT2D eigenvalue weighted by molar-refractivity contribution is 7.90. The molecule has 7 nitrogen and oxygen atoms in total. The lowest BCUT2D eigenvalue weighted by Crippen LogP contribution is -2.31. The quantitative estimate of drug-likeness (QED) is 0.581. The van der Waals surface area contributed by atoms with E-state index in [2.05, 4.69) is 5.10 Å². The predicted octanol–water partition coefficient (Wildman–Crippen LogP) is 0.670. The normalized spacial score (nSPS) is 13.2. The molecule has 0 atom stereocenters. The summed E-state index contributed by atoms with van der Waals surface area (Å²) in [6.07, 6.45) is 2.39. The zero-order valence-electron chi connectivity index (χ0n) is 9.19. The van der Waals surface area contributed by atoms with Crippen LogP contribution in [0.4, 0.5) is 5.69 Å². The molecular weight excluding hydrogens is 246 g/mol. The topological polar surface area (TPSA) is 97.6 Å². The largest absolute Gasteiger partial charge is 0.626 e. The first-order valence-corrected chi connectivity index (χ1v) is 6.57. The number of fused-ring (bicyclic) bond motifs is 1. The molecule has 17 heavy (non-hydrogen) atoms. The number of rotatable bonds is 2. The Bertz CT molecular complexity index is 669. The van der Waals surface area contributed by atoms with Crippen LogP contribution in [0.3, 0.4) is 0 Å². The lowest BCUT2D eigenvalue weighted by molar-refractivity contribution is 0.574. The van der Waals surface area contributed by atoms with Gasteiger partial charge in [0, 0.05) is 12.5 Å². The van der Waals surface area contributed by atoms with Crippen molar-refractivity contribution < 1.29 is 8.42 Å². The van der Waals surface area contributed by atoms with Crippen LogP contribution in [-0.4, -0.2) is 31.3 Å². The van der Waals surface area contributed by atoms with Crippen LogP contribution in [0.1, 0.15) is 0 Å². The maximum absolute atomic E-state index is 11.5. The van der Waals surface area contributed by atoms with Crippen LogP contribution in [0.2, 0.25) is 0 Å². The summed E-state index contributed by atoms with van der Waals surface area (Å²) >= 11 is 0. The van der Waals surface area contributed by atoms with E-state index in [0.29, 0.717) is 0 Å². The van der Waals surface area contributed by atoms with E-state index < -0.39 is 25.4 Å². The summed E-state index contributed by atoms with van der Waals surface area (Å²) < 4.78 is 24.2. The van der Waals surface area contributed by atoms with Gasteiger partial charge in [-0.3, -0.25) is 0 Å². The molecule has 0 unspecified atom stereocenters. The zero-order chi connectivity index (χ0) is 12.8. The van der Waals surface area contributed by atoms with Crippen LogP contribution in [0, 0.1) is 10.4 Å². The van der Waals surface area contributed by atoms with Crippen LogP contribution in [-0.2, 0) is 9.84 Å². The summed E-state index contributed by atoms with van der Waals surface area (Å²) in [4.78, 5) is -2.09. The molecule has 0 N–H and O–H groups in total. The summed E-state index contributed by atoms with van der Waals surface area (Å²) in [7, 11) is -2.91. The lowest BCUT2D eigenvalue weighted by atomic mass is 10.3. The van der Waals surface area contributed by atoms with Gasteiger partial charge in [0.05, 0.1) is 7.05 Å². The first-order valence-electron chi connectivity index (χ1n) is 4.68. The molecule has 0 aliphatic rings. The van der Waals surface area contributed by atoms with Gasteiger partial charge in [-0.15, -0.1) is 5.10 Å². The maximum Gasteiger partial charge on any atom is 0.238 e. The first kappa shape index (κ1) is 12.0. The SMILES string of the molecule is C[N+]([O-])([O-])c1c(S(C)(=O)=O)nn2ccccc12. The van der Waals surface area contributed by atoms with Crippen molar-refractivity contribution in [2.24, 2.45) is 0 Å². The predicted molar refractivity (Wildman–Crippen MR) is 62.8 cm³/mol. The van der Waals surface area contributed by atoms with Gasteiger partial charge < -0.3 is 15.2 Å². The molecule has 2 aromatic heterocycles. The van der Waals surface area contributed by atoms with E-state index in [9.17, 15) is 18.8 Å². The van der Waals surface area contributed by atoms with Crippen molar-refractivity contribution in [3.63, 3.8) is 0 Å². The van der Waals surface area contributed by atoms with E-state index in [1.54, 1.807) is 12.1 Å². The van der Waals surface area contributed by atoms with Crippen LogP contribution >= 0.6 is 0 Å². The summed E-state index contributed by atoms with van der Waals surface area (Å²) in [5.74, 6) is 0. The van der Waals surface area contributed by atoms with E-state index in [4.69, 9.17) is 0 Å². The molecule has 0 aromatic carbocycles. The van der Waals surface area contributed by atoms with Crippen molar-refractivity contribution in [2.75, 3.05) is 13.3 Å². The Balaban J connectivity index is 2.94. The fraction of sp³-hybridized carbons (Fsp3) is 0.222. The van der Waals surface area contributed by atoms with Crippen molar-refractivity contribution in [3.05, 3.63) is 34.8 Å². The van der Waals surface area contributed by atoms with Gasteiger partial charge >= 0.3 is 0 Å². The van der Waals surface area contributed by atoms with E-state index in [1.165, 1.54) is 16.8 Å². The number of sulfone groups is 1. The summed E-state index contributed by atoms with van der Waals surface area (Å²) in [6.45, 7) is 0. The van der Waals surface area contributed by atoms with Crippen molar-refractivity contribution in [2.45, 2.75) is 5.03 Å². The summed E-state index contributed by atoms with van der Waals surface area (Å²) in [5.41, 5.74) is -0.200. The van der Waals surface area contributed by atoms with E-state index in [1.807, 2.05) is 0 Å². The smallest absolute Gasteiger partial charge is 0.238 e. The van der Waals surface area contributed by atoms with Crippen LogP contribution < -0.4 is 4.81 Å². The number of hydrogen-bond acceptors (Lipinski definition) is 5. The van der Waals surface area contributed by atoms with Gasteiger partial charge in [0.15, 0.2) is 5.69 Å². The van der Waals surface area contributed by atoms with Crippen LogP contribution in [0.5, 0.6) is 0 Å². The highest BCUT2D eigenvalue weighted by atomic mass is 32.2. The minimum Gasteiger partial charge on any atom is -0.626 e. The van der Waals surface area contributed by atoms with Gasteiger partial charge in [-0.1, -0.05) is 6.07 Å². The second-order valence-electron chi connectivity index (χ2n) is 3.80. The average Bonchev–Trinajstić information content (AvgIpc) is 2.54. The van der Waals surface area contributed by atoms with Crippen molar-refractivity contribution in [1.82, 2.24) is 14.4 Å². The number of quaternary nitrogens is 1. The first-order chi connectivity index (χ1) is 7.71. The molecule has 0 aliphatic heterocycles. The Morgan fingerprint density at radius 1 is 1.35 bits per heavy atom. The lowest BCUT2D eigenvalue weighted by Gasteiger charge is -2.41. The van der Waals surface area contributed by atoms with Gasteiger partial charge in [0.2, 0.25) is 14.9 Å². The monoisotopic (exact) mass is 256 g/mol. The Morgan fingerprint density at radius 2 is 2.00 bits per heavy atom. The zero-order valence-corrected chi connectivity index (χ0v) is 10.0. The second kappa shape index (κ2) is 3.50. The van der Waals surface area contributed by atoms with Crippen molar-refractivity contribution in [1.29, 1.82) is 0 Å². The number of nitrogens with zero attached hydrogens (tertiary/aromatic N) is 3. The molecule has 92 valence electrons. The van der Waals surface area contributed by atoms with Crippen LogP contribution in [0.15, 0.2) is 29.4 Å². The maximum atomic E-state index is 11.5. The second-order valence-corrected chi connectivity index (χ2v) is 5.73. The number of pyridine rings is 1. The fourth-order valence-corrected chi connectivity index (χ4v) is 2.45. The van der Waals surface area contributed by atoms with Gasteiger partial charge in [-0.25, -0.2) is 12.9 Å². The molecule has 0 amide bonds. The molecule has 0 saturated heterocycles. The average molecular weight is 256 g/mol. The molecule has 0 bridgehead atoms. The molecular formula is C9H10N3O4S-. The minimum absolute atomic E-state index is 0.195. The molecule has 0 radical (unpaired) electrons. The molecule has 2 aromatic rings. The Labute approximate surface area is 97.6 Å². The fourth-order valence-electron chi connectivity index (χ4n) is 1.60. The van der Waals surface area contributed by atoms with Gasteiger partial charge in [0.1, 0.15) is 5.52 Å². The molecule has 0 saturated carbocycles. The van der Waals surface area contributed by atoms with Gasteiger partial charge in [-0.05, 0) is 12.1 Å².